The molecule has 1 fully saturated rings. The van der Waals surface area contributed by atoms with Gasteiger partial charge >= 0.3 is 0 Å². The van der Waals surface area contributed by atoms with Crippen LogP contribution in [-0.4, -0.2) is 45.2 Å². The first-order valence-electron chi connectivity index (χ1n) is 9.83. The minimum Gasteiger partial charge on any atom is -0.371 e. The zero-order valence-corrected chi connectivity index (χ0v) is 21.5. The van der Waals surface area contributed by atoms with Gasteiger partial charge in [0.05, 0.1) is 0 Å². The molecular weight excluding hydrogens is 339 g/mol. The molecule has 3 unspecified atom stereocenters. The third-order valence-electron chi connectivity index (χ3n) is 6.68. The molecule has 3 atom stereocenters. The van der Waals surface area contributed by atoms with E-state index in [1.807, 2.05) is 0 Å². The molecule has 138 valence electrons. The van der Waals surface area contributed by atoms with Crippen molar-refractivity contribution in [3.8, 4) is 0 Å². The van der Waals surface area contributed by atoms with Gasteiger partial charge in [-0.15, -0.1) is 0 Å². The van der Waals surface area contributed by atoms with Crippen molar-refractivity contribution >= 4 is 45.2 Å². The molecule has 0 radical (unpaired) electrons. The van der Waals surface area contributed by atoms with Crippen molar-refractivity contribution < 1.29 is 0 Å². The second kappa shape index (κ2) is 7.76. The maximum Gasteiger partial charge on any atom is 0.284 e. The smallest absolute Gasteiger partial charge is 0.284 e. The van der Waals surface area contributed by atoms with Crippen LogP contribution in [0.5, 0.6) is 0 Å². The number of nitrogens with one attached hydrogen (secondary N) is 3. The number of rotatable bonds is 6. The SMILES string of the molecule is CC(B1NB(C(C)[Si](C)(C)C)NB(C(C)[Si](C)(C)C)N1)[Si](C)(C)C. The van der Waals surface area contributed by atoms with Crippen molar-refractivity contribution in [2.75, 3.05) is 0 Å². The van der Waals surface area contributed by atoms with E-state index in [1.54, 1.807) is 0 Å². The first kappa shape index (κ1) is 22.8. The van der Waals surface area contributed by atoms with E-state index < -0.39 is 24.2 Å². The van der Waals surface area contributed by atoms with Crippen LogP contribution in [0.25, 0.3) is 0 Å². The molecule has 1 saturated heterocycles. The maximum absolute atomic E-state index is 3.97. The van der Waals surface area contributed by atoms with Crippen LogP contribution in [-0.2, 0) is 0 Å². The summed E-state index contributed by atoms with van der Waals surface area (Å²) in [6.07, 6.45) is 0. The predicted octanol–water partition coefficient (Wildman–Crippen LogP) is 4.04. The van der Waals surface area contributed by atoms with Gasteiger partial charge in [-0.05, 0) is 16.3 Å². The van der Waals surface area contributed by atoms with Gasteiger partial charge in [0, 0.05) is 24.2 Å². The molecule has 3 N–H and O–H groups in total. The Morgan fingerprint density at radius 3 is 0.750 bits per heavy atom. The highest BCUT2D eigenvalue weighted by Gasteiger charge is 2.48. The standard InChI is InChI=1S/C15H42B3N3Si3/c1-13(22(4,5)6)16-19-17(14(2)23(7,8)9)21-18(20-16)15(3)24(10,11)12/h13-15,19-21H,1-12H3. The molecule has 0 saturated carbocycles. The van der Waals surface area contributed by atoms with E-state index in [0.717, 1.165) is 0 Å². The molecule has 1 aliphatic rings. The van der Waals surface area contributed by atoms with Crippen LogP contribution in [0.1, 0.15) is 20.8 Å². The molecule has 0 amide bonds. The minimum atomic E-state index is -1.20. The maximum atomic E-state index is 3.97. The summed E-state index contributed by atoms with van der Waals surface area (Å²) in [7, 11) is -3.60. The lowest BCUT2D eigenvalue weighted by atomic mass is 9.46. The summed E-state index contributed by atoms with van der Waals surface area (Å²) in [5.74, 6) is 0. The van der Waals surface area contributed by atoms with E-state index >= 15 is 0 Å². The minimum absolute atomic E-state index is 0.436. The van der Waals surface area contributed by atoms with Gasteiger partial charge in [-0.3, -0.25) is 0 Å². The molecule has 0 spiro atoms. The third-order valence-corrected chi connectivity index (χ3v) is 15.9. The summed E-state index contributed by atoms with van der Waals surface area (Å²) in [5, 5.41) is 11.9. The molecule has 3 nitrogen and oxygen atoms in total. The molecule has 0 aromatic rings. The molecule has 0 aromatic carbocycles. The second-order valence-corrected chi connectivity index (χ2v) is 28.3. The predicted molar refractivity (Wildman–Crippen MR) is 125 cm³/mol. The summed E-state index contributed by atoms with van der Waals surface area (Å²) in [5.41, 5.74) is 2.15. The summed E-state index contributed by atoms with van der Waals surface area (Å²) in [6, 6.07) is 0. The molecule has 1 aliphatic heterocycles. The van der Waals surface area contributed by atoms with Gasteiger partial charge in [-0.25, -0.2) is 0 Å². The van der Waals surface area contributed by atoms with Crippen molar-refractivity contribution in [2.24, 2.45) is 0 Å². The molecule has 0 bridgehead atoms. The highest BCUT2D eigenvalue weighted by atomic mass is 28.3. The molecular formula is C15H42B3N3Si3. The van der Waals surface area contributed by atoms with E-state index in [2.05, 4.69) is 95.1 Å². The van der Waals surface area contributed by atoms with E-state index in [4.69, 9.17) is 0 Å². The van der Waals surface area contributed by atoms with Crippen molar-refractivity contribution in [1.82, 2.24) is 15.4 Å². The monoisotopic (exact) mass is 381 g/mol. The quantitative estimate of drug-likeness (QED) is 0.608. The zero-order chi connectivity index (χ0) is 19.1. The molecule has 0 aliphatic carbocycles. The summed E-state index contributed by atoms with van der Waals surface area (Å²) in [4.78, 5) is 0. The fraction of sp³-hybridized carbons (Fsp3) is 1.00. The van der Waals surface area contributed by atoms with Crippen LogP contribution >= 0.6 is 0 Å². The van der Waals surface area contributed by atoms with Crippen molar-refractivity contribution in [1.29, 1.82) is 0 Å². The lowest BCUT2D eigenvalue weighted by molar-refractivity contribution is 0.988. The van der Waals surface area contributed by atoms with Crippen LogP contribution in [0.4, 0.5) is 0 Å². The van der Waals surface area contributed by atoms with E-state index in [9.17, 15) is 0 Å². The van der Waals surface area contributed by atoms with E-state index in [1.165, 1.54) is 0 Å². The van der Waals surface area contributed by atoms with Crippen LogP contribution in [0, 0.1) is 0 Å². The number of hydrogen-bond donors (Lipinski definition) is 3. The van der Waals surface area contributed by atoms with Crippen LogP contribution < -0.4 is 15.4 Å². The average Bonchev–Trinajstić information content (AvgIpc) is 2.41. The lowest BCUT2D eigenvalue weighted by Gasteiger charge is -2.46. The van der Waals surface area contributed by atoms with E-state index in [0.29, 0.717) is 37.3 Å². The molecule has 1 rings (SSSR count). The number of hydrogen-bond acceptors (Lipinski definition) is 3. The fourth-order valence-electron chi connectivity index (χ4n) is 3.09. The van der Waals surface area contributed by atoms with Gasteiger partial charge in [0.1, 0.15) is 0 Å². The van der Waals surface area contributed by atoms with Crippen molar-refractivity contribution in [2.45, 2.75) is 96.0 Å². The molecule has 0 aromatic heterocycles. The normalized spacial score (nSPS) is 21.8. The van der Waals surface area contributed by atoms with Gasteiger partial charge in [-0.1, -0.05) is 79.7 Å². The Hall–Kier alpha value is 0.725. The highest BCUT2D eigenvalue weighted by molar-refractivity contribution is 7.02. The van der Waals surface area contributed by atoms with Crippen LogP contribution in [0.15, 0.2) is 0 Å². The van der Waals surface area contributed by atoms with Gasteiger partial charge in [0.2, 0.25) is 0 Å². The Bertz CT molecular complexity index is 353. The molecule has 1 heterocycles. The Kier molecular flexibility index (Phi) is 7.37. The van der Waals surface area contributed by atoms with E-state index in [-0.39, 0.29) is 0 Å². The summed E-state index contributed by atoms with van der Waals surface area (Å²) < 4.78 is 0. The third kappa shape index (κ3) is 5.88. The molecule has 24 heavy (non-hydrogen) atoms. The summed E-state index contributed by atoms with van der Waals surface area (Å²) in [6.45, 7) is 31.1. The van der Waals surface area contributed by atoms with Crippen molar-refractivity contribution in [3.63, 3.8) is 0 Å². The zero-order valence-electron chi connectivity index (χ0n) is 18.5. The Labute approximate surface area is 156 Å². The highest BCUT2D eigenvalue weighted by Crippen LogP contribution is 2.29. The van der Waals surface area contributed by atoms with Crippen LogP contribution in [0.3, 0.4) is 0 Å². The lowest BCUT2D eigenvalue weighted by Crippen LogP contribution is -2.80. The van der Waals surface area contributed by atoms with Gasteiger partial charge in [-0.2, -0.15) is 0 Å². The largest absolute Gasteiger partial charge is 0.371 e. The summed E-state index contributed by atoms with van der Waals surface area (Å²) >= 11 is 0. The Morgan fingerprint density at radius 2 is 0.625 bits per heavy atom. The van der Waals surface area contributed by atoms with Gasteiger partial charge in [0.25, 0.3) is 20.9 Å². The van der Waals surface area contributed by atoms with Gasteiger partial charge < -0.3 is 15.4 Å². The first-order chi connectivity index (χ1) is 10.5. The molecule has 9 heteroatoms. The Balaban J connectivity index is 3.07. The fourth-order valence-corrected chi connectivity index (χ4v) is 6.67. The second-order valence-electron chi connectivity index (χ2n) is 11.4. The van der Waals surface area contributed by atoms with Crippen LogP contribution in [0.2, 0.25) is 75.2 Å². The Morgan fingerprint density at radius 1 is 0.458 bits per heavy atom. The van der Waals surface area contributed by atoms with Crippen molar-refractivity contribution in [3.05, 3.63) is 0 Å². The average molecular weight is 381 g/mol. The van der Waals surface area contributed by atoms with Gasteiger partial charge in [0.15, 0.2) is 0 Å². The topological polar surface area (TPSA) is 36.1 Å². The first-order valence-corrected chi connectivity index (χ1v) is 20.6.